The number of hydrogen-bond acceptors (Lipinski definition) is 7. The maximum absolute atomic E-state index is 14.1. The van der Waals surface area contributed by atoms with E-state index in [0.29, 0.717) is 10.0 Å². The zero-order valence-electron chi connectivity index (χ0n) is 20.2. The smallest absolute Gasteiger partial charge is 0.447 e. The van der Waals surface area contributed by atoms with Gasteiger partial charge in [0.1, 0.15) is 12.6 Å². The minimum absolute atomic E-state index is 0.155. The van der Waals surface area contributed by atoms with Crippen LogP contribution in [-0.2, 0) is 19.1 Å². The van der Waals surface area contributed by atoms with Gasteiger partial charge >= 0.3 is 12.4 Å². The molecule has 1 aromatic carbocycles. The summed E-state index contributed by atoms with van der Waals surface area (Å²) in [6, 6.07) is 5.61. The van der Waals surface area contributed by atoms with Gasteiger partial charge in [-0.15, -0.1) is 24.5 Å². The Morgan fingerprint density at radius 1 is 1.18 bits per heavy atom. The second kappa shape index (κ2) is 12.5. The maximum Gasteiger partial charge on any atom is 0.491 e. The molecule has 2 aromatic rings. The zero-order chi connectivity index (χ0) is 28.0. The Morgan fingerprint density at radius 3 is 2.42 bits per heavy atom. The predicted octanol–water partition coefficient (Wildman–Crippen LogP) is 3.55. The number of alkyl carbamates (subject to hydrolysis) is 1. The van der Waals surface area contributed by atoms with Gasteiger partial charge in [0.2, 0.25) is 0 Å². The fourth-order valence-electron chi connectivity index (χ4n) is 3.44. The van der Waals surface area contributed by atoms with Crippen molar-refractivity contribution in [3.63, 3.8) is 0 Å². The number of halogens is 4. The van der Waals surface area contributed by atoms with E-state index in [4.69, 9.17) is 21.1 Å². The Morgan fingerprint density at radius 2 is 1.87 bits per heavy atom. The SMILES string of the molecule is CC(C)OC(=O)N[C@@H](CNC(=O)c1ccc(Cl)s1)C(=O)N(c1ccc(N2CCOCC2=O)cc1)C(F)(F)F. The van der Waals surface area contributed by atoms with E-state index in [1.54, 1.807) is 0 Å². The molecule has 1 atom stereocenters. The third-order valence-corrected chi connectivity index (χ3v) is 6.31. The summed E-state index contributed by atoms with van der Waals surface area (Å²) >= 11 is 6.74. The van der Waals surface area contributed by atoms with E-state index >= 15 is 0 Å². The number of benzene rings is 1. The zero-order valence-corrected chi connectivity index (χ0v) is 21.8. The maximum atomic E-state index is 14.1. The molecule has 1 aliphatic rings. The first kappa shape index (κ1) is 29.2. The molecule has 15 heteroatoms. The van der Waals surface area contributed by atoms with Crippen LogP contribution in [0.25, 0.3) is 0 Å². The van der Waals surface area contributed by atoms with Crippen LogP contribution in [0.5, 0.6) is 0 Å². The van der Waals surface area contributed by atoms with Crippen molar-refractivity contribution in [1.29, 1.82) is 0 Å². The van der Waals surface area contributed by atoms with E-state index in [1.807, 2.05) is 0 Å². The number of nitrogens with zero attached hydrogens (tertiary/aromatic N) is 2. The molecule has 0 bridgehead atoms. The van der Waals surface area contributed by atoms with E-state index in [9.17, 15) is 32.3 Å². The molecule has 1 fully saturated rings. The molecule has 0 unspecified atom stereocenters. The summed E-state index contributed by atoms with van der Waals surface area (Å²) in [5.41, 5.74) is -0.235. The Kier molecular flexibility index (Phi) is 9.57. The number of alkyl halides is 3. The van der Waals surface area contributed by atoms with E-state index in [1.165, 1.54) is 43.0 Å². The molecule has 38 heavy (non-hydrogen) atoms. The van der Waals surface area contributed by atoms with Gasteiger partial charge in [0.05, 0.1) is 27.6 Å². The second-order valence-corrected chi connectivity index (χ2v) is 9.94. The number of thiophene rings is 1. The van der Waals surface area contributed by atoms with Crippen molar-refractivity contribution in [2.75, 3.05) is 36.1 Å². The van der Waals surface area contributed by atoms with Gasteiger partial charge in [-0.2, -0.15) is 0 Å². The average molecular weight is 577 g/mol. The number of hydrogen-bond donors (Lipinski definition) is 2. The molecule has 206 valence electrons. The monoisotopic (exact) mass is 576 g/mol. The molecule has 2 N–H and O–H groups in total. The summed E-state index contributed by atoms with van der Waals surface area (Å²) in [5, 5.41) is 4.43. The molecule has 0 saturated carbocycles. The Hall–Kier alpha value is -3.36. The van der Waals surface area contributed by atoms with Crippen molar-refractivity contribution >= 4 is 58.1 Å². The number of rotatable bonds is 8. The Labute approximate surface area is 224 Å². The highest BCUT2D eigenvalue weighted by molar-refractivity contribution is 7.18. The van der Waals surface area contributed by atoms with Crippen LogP contribution in [0.4, 0.5) is 29.3 Å². The molecular formula is C23H24ClF3N4O6S. The van der Waals surface area contributed by atoms with Crippen molar-refractivity contribution in [3.8, 4) is 0 Å². The van der Waals surface area contributed by atoms with Crippen LogP contribution in [0.2, 0.25) is 4.34 Å². The minimum Gasteiger partial charge on any atom is -0.447 e. The number of nitrogens with one attached hydrogen (secondary N) is 2. The summed E-state index contributed by atoms with van der Waals surface area (Å²) in [6.07, 6.45) is -6.96. The fraction of sp³-hybridized carbons (Fsp3) is 0.391. The van der Waals surface area contributed by atoms with Gasteiger partial charge in [0, 0.05) is 18.8 Å². The molecule has 0 radical (unpaired) electrons. The van der Waals surface area contributed by atoms with Gasteiger partial charge in [-0.3, -0.25) is 14.4 Å². The first-order valence-corrected chi connectivity index (χ1v) is 12.5. The van der Waals surface area contributed by atoms with Gasteiger partial charge in [0.25, 0.3) is 17.7 Å². The molecule has 0 aliphatic carbocycles. The first-order chi connectivity index (χ1) is 17.9. The van der Waals surface area contributed by atoms with Crippen molar-refractivity contribution in [3.05, 3.63) is 45.6 Å². The Bertz CT molecular complexity index is 1170. The third kappa shape index (κ3) is 7.58. The van der Waals surface area contributed by atoms with Crippen molar-refractivity contribution < 1.29 is 41.8 Å². The number of carbonyl (C=O) groups excluding carboxylic acids is 4. The lowest BCUT2D eigenvalue weighted by Gasteiger charge is -2.30. The predicted molar refractivity (Wildman–Crippen MR) is 133 cm³/mol. The average Bonchev–Trinajstić information content (AvgIpc) is 3.27. The second-order valence-electron chi connectivity index (χ2n) is 8.22. The molecule has 0 spiro atoms. The molecule has 1 aromatic heterocycles. The number of morpholine rings is 1. The van der Waals surface area contributed by atoms with Crippen LogP contribution in [-0.4, -0.2) is 68.6 Å². The van der Waals surface area contributed by atoms with E-state index in [0.717, 1.165) is 23.5 Å². The first-order valence-electron chi connectivity index (χ1n) is 11.3. The van der Waals surface area contributed by atoms with Crippen LogP contribution in [0, 0.1) is 0 Å². The topological polar surface area (TPSA) is 117 Å². The molecule has 1 aliphatic heterocycles. The van der Waals surface area contributed by atoms with Gasteiger partial charge in [0.15, 0.2) is 0 Å². The van der Waals surface area contributed by atoms with Gasteiger partial charge in [-0.05, 0) is 50.2 Å². The third-order valence-electron chi connectivity index (χ3n) is 5.08. The van der Waals surface area contributed by atoms with Crippen molar-refractivity contribution in [2.24, 2.45) is 0 Å². The molecular weight excluding hydrogens is 553 g/mol. The van der Waals surface area contributed by atoms with Crippen LogP contribution >= 0.6 is 22.9 Å². The van der Waals surface area contributed by atoms with E-state index in [2.05, 4.69) is 10.6 Å². The van der Waals surface area contributed by atoms with Crippen LogP contribution in [0.15, 0.2) is 36.4 Å². The summed E-state index contributed by atoms with van der Waals surface area (Å²) in [7, 11) is 0. The number of ether oxygens (including phenoxy) is 2. The van der Waals surface area contributed by atoms with Crippen molar-refractivity contribution in [2.45, 2.75) is 32.3 Å². The minimum atomic E-state index is -5.19. The Balaban J connectivity index is 1.85. The lowest BCUT2D eigenvalue weighted by atomic mass is 10.2. The van der Waals surface area contributed by atoms with E-state index in [-0.39, 0.29) is 30.5 Å². The van der Waals surface area contributed by atoms with Gasteiger partial charge in [-0.25, -0.2) is 9.69 Å². The molecule has 3 rings (SSSR count). The highest BCUT2D eigenvalue weighted by Crippen LogP contribution is 2.31. The fourth-order valence-corrected chi connectivity index (χ4v) is 4.40. The lowest BCUT2D eigenvalue weighted by molar-refractivity contribution is -0.151. The number of anilines is 2. The summed E-state index contributed by atoms with van der Waals surface area (Å²) < 4.78 is 52.7. The van der Waals surface area contributed by atoms with Crippen LogP contribution in [0.3, 0.4) is 0 Å². The highest BCUT2D eigenvalue weighted by Gasteiger charge is 2.45. The summed E-state index contributed by atoms with van der Waals surface area (Å²) in [4.78, 5) is 50.9. The van der Waals surface area contributed by atoms with Crippen LogP contribution < -0.4 is 20.4 Å². The largest absolute Gasteiger partial charge is 0.491 e. The summed E-state index contributed by atoms with van der Waals surface area (Å²) in [6.45, 7) is 2.69. The molecule has 2 heterocycles. The number of carbonyl (C=O) groups is 4. The lowest BCUT2D eigenvalue weighted by Crippen LogP contribution is -2.57. The van der Waals surface area contributed by atoms with Gasteiger partial charge in [-0.1, -0.05) is 11.6 Å². The molecule has 1 saturated heterocycles. The van der Waals surface area contributed by atoms with Crippen LogP contribution in [0.1, 0.15) is 23.5 Å². The molecule has 4 amide bonds. The normalized spacial score (nSPS) is 14.7. The summed E-state index contributed by atoms with van der Waals surface area (Å²) in [5.74, 6) is -2.63. The van der Waals surface area contributed by atoms with Gasteiger partial charge < -0.3 is 25.0 Å². The molecule has 10 nitrogen and oxygen atoms in total. The quantitative estimate of drug-likeness (QED) is 0.464. The highest BCUT2D eigenvalue weighted by atomic mass is 35.5. The number of amides is 4. The van der Waals surface area contributed by atoms with E-state index < -0.39 is 53.5 Å². The van der Waals surface area contributed by atoms with Crippen molar-refractivity contribution in [1.82, 2.24) is 10.6 Å². The standard InChI is InChI=1S/C23H24ClF3N4O6S/c1-13(2)37-22(35)29-16(11-28-20(33)17-7-8-18(24)38-17)21(34)31(23(25,26)27)15-5-3-14(4-6-15)30-9-10-36-12-19(30)32/h3-8,13,16H,9-12H2,1-2H3,(H,28,33)(H,29,35)/t16-/m0/s1.